The number of aromatic nitrogens is 1. The lowest BCUT2D eigenvalue weighted by atomic mass is 10.2. The van der Waals surface area contributed by atoms with Crippen molar-refractivity contribution in [3.8, 4) is 11.3 Å². The van der Waals surface area contributed by atoms with Crippen molar-refractivity contribution in [2.45, 2.75) is 0 Å². The molecule has 2 rings (SSSR count). The third kappa shape index (κ3) is 4.90. The number of aliphatic hydroxyl groups is 1. The Morgan fingerprint density at radius 1 is 1.29 bits per heavy atom. The maximum Gasteiger partial charge on any atom is 0.320 e. The van der Waals surface area contributed by atoms with Gasteiger partial charge in [0.2, 0.25) is 0 Å². The van der Waals surface area contributed by atoms with E-state index in [0.717, 1.165) is 5.56 Å². The molecule has 0 bridgehead atoms. The molecule has 7 nitrogen and oxygen atoms in total. The Morgan fingerprint density at radius 3 is 2.86 bits per heavy atom. The molecule has 0 fully saturated rings. The Balaban J connectivity index is 1.78. The fourth-order valence-corrected chi connectivity index (χ4v) is 1.64. The van der Waals surface area contributed by atoms with E-state index in [2.05, 4.69) is 15.8 Å². The van der Waals surface area contributed by atoms with E-state index in [4.69, 9.17) is 14.4 Å². The van der Waals surface area contributed by atoms with Crippen LogP contribution in [0.4, 0.5) is 10.6 Å². The van der Waals surface area contributed by atoms with Gasteiger partial charge in [-0.25, -0.2) is 4.79 Å². The Kier molecular flexibility index (Phi) is 5.74. The number of hydrogen-bond acceptors (Lipinski definition) is 5. The lowest BCUT2D eigenvalue weighted by molar-refractivity contribution is 0.0950. The molecule has 2 amide bonds. The smallest absolute Gasteiger partial charge is 0.320 e. The largest absolute Gasteiger partial charge is 0.394 e. The quantitative estimate of drug-likeness (QED) is 0.671. The number of ether oxygens (including phenoxy) is 1. The van der Waals surface area contributed by atoms with Crippen molar-refractivity contribution in [3.63, 3.8) is 0 Å². The fourth-order valence-electron chi connectivity index (χ4n) is 1.64. The average Bonchev–Trinajstić information content (AvgIpc) is 2.96. The predicted octanol–water partition coefficient (Wildman–Crippen LogP) is 1.47. The number of hydrogen-bond donors (Lipinski definition) is 3. The van der Waals surface area contributed by atoms with Gasteiger partial charge in [-0.2, -0.15) is 0 Å². The Morgan fingerprint density at radius 2 is 2.10 bits per heavy atom. The van der Waals surface area contributed by atoms with Crippen LogP contribution in [0.3, 0.4) is 0 Å². The molecule has 0 spiro atoms. The van der Waals surface area contributed by atoms with Gasteiger partial charge < -0.3 is 19.7 Å². The molecule has 1 aromatic heterocycles. The van der Waals surface area contributed by atoms with Crippen molar-refractivity contribution in [3.05, 3.63) is 36.4 Å². The minimum absolute atomic E-state index is 0.0343. The van der Waals surface area contributed by atoms with Crippen LogP contribution in [0.5, 0.6) is 0 Å². The molecule has 2 aromatic rings. The van der Waals surface area contributed by atoms with Gasteiger partial charge in [-0.05, 0) is 0 Å². The van der Waals surface area contributed by atoms with Crippen LogP contribution in [0.1, 0.15) is 0 Å². The summed E-state index contributed by atoms with van der Waals surface area (Å²) in [6.45, 7) is 0.901. The summed E-state index contributed by atoms with van der Waals surface area (Å²) in [4.78, 5) is 11.6. The van der Waals surface area contributed by atoms with Crippen molar-refractivity contribution in [2.75, 3.05) is 31.7 Å². The number of carbonyl (C=O) groups excluding carboxylic acids is 1. The van der Waals surface area contributed by atoms with E-state index in [1.165, 1.54) is 0 Å². The summed E-state index contributed by atoms with van der Waals surface area (Å²) in [7, 11) is 0. The lowest BCUT2D eigenvalue weighted by Gasteiger charge is -2.05. The number of nitrogens with zero attached hydrogens (tertiary/aromatic N) is 1. The molecule has 0 saturated heterocycles. The summed E-state index contributed by atoms with van der Waals surface area (Å²) in [5.74, 6) is 0.916. The third-order valence-corrected chi connectivity index (χ3v) is 2.58. The number of benzene rings is 1. The van der Waals surface area contributed by atoms with Gasteiger partial charge in [-0.1, -0.05) is 35.5 Å². The second kappa shape index (κ2) is 8.03. The zero-order chi connectivity index (χ0) is 14.9. The van der Waals surface area contributed by atoms with E-state index in [0.29, 0.717) is 24.7 Å². The summed E-state index contributed by atoms with van der Waals surface area (Å²) in [6.07, 6.45) is 0. The van der Waals surface area contributed by atoms with E-state index >= 15 is 0 Å². The summed E-state index contributed by atoms with van der Waals surface area (Å²) in [5, 5.41) is 17.5. The molecule has 1 aromatic carbocycles. The van der Waals surface area contributed by atoms with Gasteiger partial charge in [-0.15, -0.1) is 0 Å². The molecule has 21 heavy (non-hydrogen) atoms. The highest BCUT2D eigenvalue weighted by atomic mass is 16.5. The van der Waals surface area contributed by atoms with Gasteiger partial charge in [0.1, 0.15) is 0 Å². The van der Waals surface area contributed by atoms with Gasteiger partial charge in [0.05, 0.1) is 19.8 Å². The summed E-state index contributed by atoms with van der Waals surface area (Å²) in [6, 6.07) is 10.7. The monoisotopic (exact) mass is 291 g/mol. The number of urea groups is 1. The maximum atomic E-state index is 11.6. The van der Waals surface area contributed by atoms with E-state index < -0.39 is 6.03 Å². The molecule has 3 N–H and O–H groups in total. The van der Waals surface area contributed by atoms with Crippen LogP contribution >= 0.6 is 0 Å². The van der Waals surface area contributed by atoms with E-state index in [1.807, 2.05) is 30.3 Å². The van der Waals surface area contributed by atoms with Gasteiger partial charge in [0.25, 0.3) is 0 Å². The first-order chi connectivity index (χ1) is 10.3. The minimum atomic E-state index is -0.393. The van der Waals surface area contributed by atoms with E-state index in [9.17, 15) is 4.79 Å². The topological polar surface area (TPSA) is 96.6 Å². The third-order valence-electron chi connectivity index (χ3n) is 2.58. The summed E-state index contributed by atoms with van der Waals surface area (Å²) in [5.41, 5.74) is 0.885. The Hall–Kier alpha value is -2.38. The fraction of sp³-hybridized carbons (Fsp3) is 0.286. The number of aliphatic hydroxyl groups excluding tert-OH is 1. The first-order valence-electron chi connectivity index (χ1n) is 6.55. The molecule has 7 heteroatoms. The molecule has 1 heterocycles. The van der Waals surface area contributed by atoms with Crippen molar-refractivity contribution in [1.82, 2.24) is 10.5 Å². The predicted molar refractivity (Wildman–Crippen MR) is 76.9 cm³/mol. The van der Waals surface area contributed by atoms with Crippen LogP contribution in [0.2, 0.25) is 0 Å². The zero-order valence-electron chi connectivity index (χ0n) is 11.4. The second-order valence-electron chi connectivity index (χ2n) is 4.16. The molecular weight excluding hydrogens is 274 g/mol. The van der Waals surface area contributed by atoms with Crippen molar-refractivity contribution >= 4 is 11.8 Å². The molecule has 0 aliphatic carbocycles. The maximum absolute atomic E-state index is 11.6. The van der Waals surface area contributed by atoms with Crippen LogP contribution in [0.25, 0.3) is 11.3 Å². The molecule has 0 unspecified atom stereocenters. The van der Waals surface area contributed by atoms with Gasteiger partial charge in [0.15, 0.2) is 11.6 Å². The standard InChI is InChI=1S/C14H17N3O4/c18-7-9-20-8-6-15-14(19)16-13-10-12(21-17-13)11-4-2-1-3-5-11/h1-5,10,18H,6-9H2,(H2,15,16,17,19). The van der Waals surface area contributed by atoms with E-state index in [1.54, 1.807) is 6.07 Å². The summed E-state index contributed by atoms with van der Waals surface area (Å²) < 4.78 is 10.2. The zero-order valence-corrected chi connectivity index (χ0v) is 11.4. The van der Waals surface area contributed by atoms with Crippen LogP contribution in [-0.2, 0) is 4.74 Å². The van der Waals surface area contributed by atoms with Crippen molar-refractivity contribution in [2.24, 2.45) is 0 Å². The molecule has 112 valence electrons. The van der Waals surface area contributed by atoms with E-state index in [-0.39, 0.29) is 13.2 Å². The normalized spacial score (nSPS) is 10.3. The first kappa shape index (κ1) is 15.0. The van der Waals surface area contributed by atoms with Gasteiger partial charge >= 0.3 is 6.03 Å². The number of anilines is 1. The summed E-state index contributed by atoms with van der Waals surface area (Å²) >= 11 is 0. The second-order valence-corrected chi connectivity index (χ2v) is 4.16. The van der Waals surface area contributed by atoms with Gasteiger partial charge in [-0.3, -0.25) is 5.32 Å². The molecular formula is C14H17N3O4. The molecule has 0 atom stereocenters. The number of nitrogens with one attached hydrogen (secondary N) is 2. The number of carbonyl (C=O) groups is 1. The molecule has 0 saturated carbocycles. The van der Waals surface area contributed by atoms with Gasteiger partial charge in [0, 0.05) is 18.2 Å². The van der Waals surface area contributed by atoms with Crippen LogP contribution < -0.4 is 10.6 Å². The minimum Gasteiger partial charge on any atom is -0.394 e. The van der Waals surface area contributed by atoms with Crippen molar-refractivity contribution < 1.29 is 19.2 Å². The SMILES string of the molecule is O=C(NCCOCCO)Nc1cc(-c2ccccc2)on1. The Bertz CT molecular complexity index is 556. The van der Waals surface area contributed by atoms with Crippen LogP contribution in [-0.4, -0.2) is 42.7 Å². The highest BCUT2D eigenvalue weighted by Crippen LogP contribution is 2.21. The highest BCUT2D eigenvalue weighted by molar-refractivity contribution is 5.88. The van der Waals surface area contributed by atoms with Crippen molar-refractivity contribution in [1.29, 1.82) is 0 Å². The Labute approximate surface area is 121 Å². The average molecular weight is 291 g/mol. The molecule has 0 aliphatic heterocycles. The molecule has 0 aliphatic rings. The lowest BCUT2D eigenvalue weighted by Crippen LogP contribution is -2.31. The number of amides is 2. The number of rotatable bonds is 7. The van der Waals surface area contributed by atoms with Crippen LogP contribution in [0.15, 0.2) is 40.9 Å². The first-order valence-corrected chi connectivity index (χ1v) is 6.55. The molecule has 0 radical (unpaired) electrons. The highest BCUT2D eigenvalue weighted by Gasteiger charge is 2.08. The van der Waals surface area contributed by atoms with Crippen LogP contribution in [0, 0.1) is 0 Å².